The minimum absolute atomic E-state index is 0.0282. The Balaban J connectivity index is 1.42. The molecule has 9 aromatic carbocycles. The molecule has 0 spiro atoms. The Morgan fingerprint density at radius 3 is 1.16 bits per heavy atom. The van der Waals surface area contributed by atoms with E-state index < -0.39 is 0 Å². The van der Waals surface area contributed by atoms with Crippen molar-refractivity contribution in [1.29, 1.82) is 0 Å². The van der Waals surface area contributed by atoms with Gasteiger partial charge in [0.05, 0.1) is 0 Å². The fourth-order valence-corrected chi connectivity index (χ4v) is 7.89. The van der Waals surface area contributed by atoms with E-state index in [1.165, 1.54) is 0 Å². The molecule has 0 atom stereocenters. The molecule has 0 saturated carbocycles. The van der Waals surface area contributed by atoms with Crippen LogP contribution in [0.5, 0.6) is 0 Å². The van der Waals surface area contributed by atoms with E-state index in [2.05, 4.69) is 24.3 Å². The van der Waals surface area contributed by atoms with E-state index in [1.54, 1.807) is 0 Å². The van der Waals surface area contributed by atoms with Crippen molar-refractivity contribution in [3.8, 4) is 0 Å². The van der Waals surface area contributed by atoms with E-state index in [-0.39, 0.29) is 10.9 Å². The Labute approximate surface area is 246 Å². The summed E-state index contributed by atoms with van der Waals surface area (Å²) in [4.78, 5) is 26.7. The van der Waals surface area contributed by atoms with Gasteiger partial charge < -0.3 is 8.83 Å². The number of hydrogen-bond donors (Lipinski definition) is 0. The molecule has 0 fully saturated rings. The third-order valence-electron chi connectivity index (χ3n) is 9.72. The summed E-state index contributed by atoms with van der Waals surface area (Å²) in [7, 11) is 0. The zero-order valence-corrected chi connectivity index (χ0v) is 23.0. The van der Waals surface area contributed by atoms with E-state index >= 15 is 0 Å². The summed E-state index contributed by atoms with van der Waals surface area (Å²) in [5, 5.41) is 14.8. The molecule has 0 amide bonds. The summed E-state index contributed by atoms with van der Waals surface area (Å²) in [5.74, 6) is 0. The van der Waals surface area contributed by atoms with Crippen LogP contribution in [0.15, 0.2) is 128 Å². The van der Waals surface area contributed by atoms with Crippen LogP contribution in [0.3, 0.4) is 0 Å². The Bertz CT molecular complexity index is 2980. The third-order valence-corrected chi connectivity index (χ3v) is 9.72. The highest BCUT2D eigenvalue weighted by Crippen LogP contribution is 2.47. The van der Waals surface area contributed by atoms with Gasteiger partial charge in [-0.2, -0.15) is 0 Å². The fourth-order valence-electron chi connectivity index (χ4n) is 7.89. The number of fused-ring (bicyclic) bond motifs is 12. The molecule has 0 aliphatic rings. The van der Waals surface area contributed by atoms with Crippen LogP contribution in [-0.4, -0.2) is 0 Å². The molecule has 0 saturated heterocycles. The largest absolute Gasteiger partial charge is 0.456 e. The van der Waals surface area contributed by atoms with Crippen molar-refractivity contribution in [3.63, 3.8) is 0 Å². The average molecular weight is 563 g/mol. The van der Waals surface area contributed by atoms with Gasteiger partial charge in [0.2, 0.25) is 0 Å². The summed E-state index contributed by atoms with van der Waals surface area (Å²) >= 11 is 0. The monoisotopic (exact) mass is 562 g/mol. The third kappa shape index (κ3) is 2.53. The fraction of sp³-hybridized carbons (Fsp3) is 0. The van der Waals surface area contributed by atoms with Crippen LogP contribution in [0.2, 0.25) is 0 Å². The molecular weight excluding hydrogens is 544 g/mol. The van der Waals surface area contributed by atoms with Gasteiger partial charge in [0.1, 0.15) is 22.3 Å². The minimum atomic E-state index is 0.0282. The van der Waals surface area contributed by atoms with Gasteiger partial charge in [-0.15, -0.1) is 0 Å². The van der Waals surface area contributed by atoms with Crippen LogP contribution < -0.4 is 10.9 Å². The Morgan fingerprint density at radius 1 is 0.295 bits per heavy atom. The van der Waals surface area contributed by atoms with Gasteiger partial charge in [-0.05, 0) is 68.7 Å². The molecule has 0 aliphatic heterocycles. The van der Waals surface area contributed by atoms with Crippen molar-refractivity contribution in [3.05, 3.63) is 130 Å². The summed E-state index contributed by atoms with van der Waals surface area (Å²) in [5.41, 5.74) is 2.92. The standard InChI is InChI=1S/C40H18O4/c41-39-21-9-3-1-7-19(21)25-15-29-33(17-27(25)39)43-31-13-6-12-24-36-30-16-26-20-8-2-4-10-22(20)40(42)28(26)18-34(30)44-32-14-5-11-23(38(32)36)35(29)37(24)31/h1-18H. The molecule has 11 aromatic rings. The van der Waals surface area contributed by atoms with Crippen molar-refractivity contribution in [2.24, 2.45) is 0 Å². The molecule has 4 heteroatoms. The van der Waals surface area contributed by atoms with Gasteiger partial charge in [-0.1, -0.05) is 72.8 Å². The Hall–Kier alpha value is -6.00. The maximum absolute atomic E-state index is 13.4. The zero-order valence-electron chi connectivity index (χ0n) is 23.0. The van der Waals surface area contributed by atoms with E-state index in [4.69, 9.17) is 8.83 Å². The highest BCUT2D eigenvalue weighted by molar-refractivity contribution is 6.40. The lowest BCUT2D eigenvalue weighted by Gasteiger charge is -2.17. The molecule has 2 heterocycles. The molecule has 2 aromatic heterocycles. The van der Waals surface area contributed by atoms with E-state index in [0.29, 0.717) is 21.9 Å². The van der Waals surface area contributed by atoms with E-state index in [0.717, 1.165) is 86.6 Å². The number of hydrogen-bond acceptors (Lipinski definition) is 4. The van der Waals surface area contributed by atoms with E-state index in [9.17, 15) is 9.59 Å². The summed E-state index contributed by atoms with van der Waals surface area (Å²) < 4.78 is 13.2. The quantitative estimate of drug-likeness (QED) is 0.136. The maximum Gasteiger partial charge on any atom is 0.194 e. The summed E-state index contributed by atoms with van der Waals surface area (Å²) in [6, 6.07) is 36.0. The van der Waals surface area contributed by atoms with Gasteiger partial charge in [-0.3, -0.25) is 9.59 Å². The molecule has 4 nitrogen and oxygen atoms in total. The van der Waals surface area contributed by atoms with Crippen molar-refractivity contribution in [1.82, 2.24) is 0 Å². The van der Waals surface area contributed by atoms with Crippen LogP contribution >= 0.6 is 0 Å². The molecule has 11 rings (SSSR count). The summed E-state index contributed by atoms with van der Waals surface area (Å²) in [6.45, 7) is 0. The highest BCUT2D eigenvalue weighted by atomic mass is 16.3. The number of benzene rings is 7. The normalized spacial score (nSPS) is 12.7. The minimum Gasteiger partial charge on any atom is -0.456 e. The lowest BCUT2D eigenvalue weighted by atomic mass is 9.89. The highest BCUT2D eigenvalue weighted by Gasteiger charge is 2.22. The number of rotatable bonds is 0. The topological polar surface area (TPSA) is 60.4 Å². The predicted molar refractivity (Wildman–Crippen MR) is 181 cm³/mol. The van der Waals surface area contributed by atoms with Crippen molar-refractivity contribution >= 4 is 109 Å². The second-order valence-electron chi connectivity index (χ2n) is 11.8. The second kappa shape index (κ2) is 7.49. The molecule has 44 heavy (non-hydrogen) atoms. The van der Waals surface area contributed by atoms with Crippen molar-refractivity contribution in [2.75, 3.05) is 0 Å². The maximum atomic E-state index is 13.4. The summed E-state index contributed by atoms with van der Waals surface area (Å²) in [6.07, 6.45) is 0. The van der Waals surface area contributed by atoms with Crippen LogP contribution in [0.25, 0.3) is 109 Å². The lowest BCUT2D eigenvalue weighted by molar-refractivity contribution is 0.661. The van der Waals surface area contributed by atoms with Crippen molar-refractivity contribution < 1.29 is 8.83 Å². The van der Waals surface area contributed by atoms with E-state index in [1.807, 2.05) is 84.9 Å². The Kier molecular flexibility index (Phi) is 3.84. The SMILES string of the molecule is O=c1c2ccccc2c2cc3c(cc12)oc1cccc2c1c3c1cccc3oc4cc5c(=O)c6ccccc6c5cc4c2c31. The first kappa shape index (κ1) is 22.6. The predicted octanol–water partition coefficient (Wildman–Crippen LogP) is 10.0. The first-order valence-electron chi connectivity index (χ1n) is 14.7. The molecule has 0 aliphatic carbocycles. The first-order valence-corrected chi connectivity index (χ1v) is 14.7. The molecule has 0 radical (unpaired) electrons. The zero-order chi connectivity index (χ0) is 28.8. The smallest absolute Gasteiger partial charge is 0.194 e. The van der Waals surface area contributed by atoms with Crippen LogP contribution in [-0.2, 0) is 0 Å². The first-order chi connectivity index (χ1) is 21.7. The lowest BCUT2D eigenvalue weighted by Crippen LogP contribution is -1.94. The van der Waals surface area contributed by atoms with Crippen LogP contribution in [0.4, 0.5) is 0 Å². The molecule has 0 bridgehead atoms. The van der Waals surface area contributed by atoms with Gasteiger partial charge in [-0.25, -0.2) is 0 Å². The van der Waals surface area contributed by atoms with Crippen molar-refractivity contribution in [2.45, 2.75) is 0 Å². The second-order valence-corrected chi connectivity index (χ2v) is 11.8. The Morgan fingerprint density at radius 2 is 0.705 bits per heavy atom. The molecular formula is C40H18O4. The average Bonchev–Trinajstić information content (AvgIpc) is 3.50. The molecule has 0 unspecified atom stereocenters. The van der Waals surface area contributed by atoms with Gasteiger partial charge in [0.15, 0.2) is 10.9 Å². The van der Waals surface area contributed by atoms with Gasteiger partial charge in [0.25, 0.3) is 0 Å². The van der Waals surface area contributed by atoms with Gasteiger partial charge in [0, 0.05) is 53.9 Å². The molecule has 202 valence electrons. The van der Waals surface area contributed by atoms with Crippen LogP contribution in [0.1, 0.15) is 0 Å². The van der Waals surface area contributed by atoms with Crippen LogP contribution in [0, 0.1) is 0 Å². The van der Waals surface area contributed by atoms with Gasteiger partial charge >= 0.3 is 0 Å². The molecule has 0 N–H and O–H groups in total.